The molecule has 1 aromatic heterocycles. The van der Waals surface area contributed by atoms with Crippen molar-refractivity contribution in [2.75, 3.05) is 0 Å². The Bertz CT molecular complexity index is 838. The van der Waals surface area contributed by atoms with Crippen molar-refractivity contribution >= 4 is 5.84 Å². The number of hydrogen-bond acceptors (Lipinski definition) is 4. The van der Waals surface area contributed by atoms with Crippen molar-refractivity contribution < 1.29 is 27.5 Å². The molecule has 9 heteroatoms. The highest BCUT2D eigenvalue weighted by Crippen LogP contribution is 2.31. The lowest BCUT2D eigenvalue weighted by Gasteiger charge is -2.28. The van der Waals surface area contributed by atoms with Gasteiger partial charge in [0.15, 0.2) is 17.5 Å². The minimum absolute atomic E-state index is 0.0937. The van der Waals surface area contributed by atoms with E-state index in [9.17, 15) is 22.8 Å². The summed E-state index contributed by atoms with van der Waals surface area (Å²) in [6, 6.07) is 3.16. The van der Waals surface area contributed by atoms with E-state index in [1.54, 1.807) is 0 Å². The van der Waals surface area contributed by atoms with Crippen LogP contribution in [-0.4, -0.2) is 33.0 Å². The van der Waals surface area contributed by atoms with Crippen LogP contribution in [0.4, 0.5) is 17.6 Å². The normalized spacial score (nSPS) is 20.2. The van der Waals surface area contributed by atoms with Crippen molar-refractivity contribution in [2.45, 2.75) is 38.8 Å². The van der Waals surface area contributed by atoms with Gasteiger partial charge in [0.1, 0.15) is 0 Å². The molecular formula is C18H17F4N3O2. The molecule has 2 aromatic rings. The van der Waals surface area contributed by atoms with Crippen LogP contribution in [0, 0.1) is 23.3 Å². The van der Waals surface area contributed by atoms with Gasteiger partial charge in [-0.05, 0) is 32.8 Å². The molecule has 0 aliphatic carbocycles. The van der Waals surface area contributed by atoms with Crippen LogP contribution in [0.15, 0.2) is 29.6 Å². The summed E-state index contributed by atoms with van der Waals surface area (Å²) >= 11 is 0. The molecule has 2 atom stereocenters. The number of rotatable bonds is 3. The van der Waals surface area contributed by atoms with E-state index in [0.29, 0.717) is 11.4 Å². The van der Waals surface area contributed by atoms with Gasteiger partial charge in [0.05, 0.1) is 0 Å². The third-order valence-corrected chi connectivity index (χ3v) is 4.56. The van der Waals surface area contributed by atoms with E-state index in [4.69, 9.17) is 4.74 Å². The second-order valence-electron chi connectivity index (χ2n) is 6.39. The summed E-state index contributed by atoms with van der Waals surface area (Å²) in [4.78, 5) is 5.83. The number of pyridine rings is 1. The minimum Gasteiger partial charge on any atom is -0.433 e. The minimum atomic E-state index is -1.66. The molecule has 2 unspecified atom stereocenters. The molecule has 1 aliphatic heterocycles. The predicted molar refractivity (Wildman–Crippen MR) is 88.9 cm³/mol. The van der Waals surface area contributed by atoms with Crippen molar-refractivity contribution in [3.8, 4) is 11.6 Å². The van der Waals surface area contributed by atoms with Gasteiger partial charge in [-0.25, -0.2) is 13.8 Å². The molecule has 0 amide bonds. The van der Waals surface area contributed by atoms with E-state index >= 15 is 0 Å². The molecule has 1 saturated heterocycles. The Labute approximate surface area is 152 Å². The zero-order valence-electron chi connectivity index (χ0n) is 14.6. The van der Waals surface area contributed by atoms with E-state index < -0.39 is 29.0 Å². The second kappa shape index (κ2) is 7.42. The molecule has 27 heavy (non-hydrogen) atoms. The lowest BCUT2D eigenvalue weighted by atomic mass is 10.2. The predicted octanol–water partition coefficient (Wildman–Crippen LogP) is 4.44. The van der Waals surface area contributed by atoms with Crippen LogP contribution in [0.3, 0.4) is 0 Å². The highest BCUT2D eigenvalue weighted by Gasteiger charge is 2.31. The van der Waals surface area contributed by atoms with Crippen LogP contribution in [0.5, 0.6) is 11.6 Å². The van der Waals surface area contributed by atoms with Gasteiger partial charge in [-0.1, -0.05) is 5.16 Å². The average Bonchev–Trinajstić information content (AvgIpc) is 2.98. The van der Waals surface area contributed by atoms with Crippen LogP contribution >= 0.6 is 0 Å². The summed E-state index contributed by atoms with van der Waals surface area (Å²) in [5, 5.41) is 12.8. The summed E-state index contributed by atoms with van der Waals surface area (Å²) in [5.74, 6) is -7.65. The molecule has 144 valence electrons. The average molecular weight is 383 g/mol. The van der Waals surface area contributed by atoms with E-state index in [2.05, 4.69) is 10.1 Å². The van der Waals surface area contributed by atoms with Crippen molar-refractivity contribution in [1.82, 2.24) is 9.88 Å². The van der Waals surface area contributed by atoms with Gasteiger partial charge in [-0.15, -0.1) is 0 Å². The number of nitrogens with zero attached hydrogens (tertiary/aromatic N) is 3. The Kier molecular flexibility index (Phi) is 5.20. The fourth-order valence-electron chi connectivity index (χ4n) is 3.19. The van der Waals surface area contributed by atoms with E-state index in [1.165, 1.54) is 18.3 Å². The molecule has 0 bridgehead atoms. The maximum absolute atomic E-state index is 13.7. The third kappa shape index (κ3) is 3.54. The summed E-state index contributed by atoms with van der Waals surface area (Å²) in [7, 11) is 0. The van der Waals surface area contributed by atoms with Crippen LogP contribution in [0.25, 0.3) is 0 Å². The first-order chi connectivity index (χ1) is 12.8. The topological polar surface area (TPSA) is 58.0 Å². The first-order valence-electron chi connectivity index (χ1n) is 8.31. The number of benzene rings is 1. The van der Waals surface area contributed by atoms with Gasteiger partial charge in [-0.3, -0.25) is 0 Å². The summed E-state index contributed by atoms with van der Waals surface area (Å²) < 4.78 is 58.8. The molecule has 0 radical (unpaired) electrons. The van der Waals surface area contributed by atoms with Gasteiger partial charge in [-0.2, -0.15) is 8.78 Å². The number of oxime groups is 1. The van der Waals surface area contributed by atoms with E-state index in [1.807, 2.05) is 18.7 Å². The fraction of sp³-hybridized carbons (Fsp3) is 0.333. The van der Waals surface area contributed by atoms with Crippen molar-refractivity contribution in [3.63, 3.8) is 0 Å². The quantitative estimate of drug-likeness (QED) is 0.213. The number of aromatic nitrogens is 1. The monoisotopic (exact) mass is 383 g/mol. The van der Waals surface area contributed by atoms with Crippen molar-refractivity contribution in [2.24, 2.45) is 5.16 Å². The van der Waals surface area contributed by atoms with Crippen LogP contribution in [0.1, 0.15) is 32.3 Å². The smallest absolute Gasteiger partial charge is 0.219 e. The molecule has 1 N–H and O–H groups in total. The Morgan fingerprint density at radius 2 is 1.70 bits per heavy atom. The second-order valence-corrected chi connectivity index (χ2v) is 6.39. The van der Waals surface area contributed by atoms with Crippen LogP contribution < -0.4 is 4.74 Å². The molecular weight excluding hydrogens is 366 g/mol. The largest absolute Gasteiger partial charge is 0.433 e. The molecule has 1 aliphatic rings. The SMILES string of the molecule is CC1CCC(C)N1/C(=N\O)c1ccc(Oc2c(F)c(F)cc(F)c2F)nc1. The Morgan fingerprint density at radius 3 is 2.19 bits per heavy atom. The van der Waals surface area contributed by atoms with Crippen molar-refractivity contribution in [3.05, 3.63) is 53.2 Å². The highest BCUT2D eigenvalue weighted by molar-refractivity contribution is 5.98. The van der Waals surface area contributed by atoms with E-state index in [-0.39, 0.29) is 24.0 Å². The third-order valence-electron chi connectivity index (χ3n) is 4.56. The van der Waals surface area contributed by atoms with Gasteiger partial charge >= 0.3 is 0 Å². The zero-order valence-corrected chi connectivity index (χ0v) is 14.6. The Hall–Kier alpha value is -2.84. The summed E-state index contributed by atoms with van der Waals surface area (Å²) in [5.41, 5.74) is 0.455. The Morgan fingerprint density at radius 1 is 1.11 bits per heavy atom. The zero-order chi connectivity index (χ0) is 19.7. The molecule has 2 heterocycles. The Balaban J connectivity index is 1.86. The van der Waals surface area contributed by atoms with Crippen molar-refractivity contribution in [1.29, 1.82) is 0 Å². The lowest BCUT2D eigenvalue weighted by molar-refractivity contribution is 0.283. The summed E-state index contributed by atoms with van der Waals surface area (Å²) in [6.07, 6.45) is 3.17. The fourth-order valence-corrected chi connectivity index (χ4v) is 3.19. The number of amidine groups is 1. The molecule has 0 spiro atoms. The van der Waals surface area contributed by atoms with Gasteiger partial charge in [0.2, 0.25) is 23.3 Å². The lowest BCUT2D eigenvalue weighted by Crippen LogP contribution is -2.39. The number of halogens is 4. The first-order valence-corrected chi connectivity index (χ1v) is 8.31. The molecule has 1 fully saturated rings. The number of hydrogen-bond donors (Lipinski definition) is 1. The highest BCUT2D eigenvalue weighted by atomic mass is 19.2. The van der Waals surface area contributed by atoms with Gasteiger partial charge in [0.25, 0.3) is 0 Å². The van der Waals surface area contributed by atoms with Crippen LogP contribution in [-0.2, 0) is 0 Å². The first kappa shape index (κ1) is 18.9. The molecule has 3 rings (SSSR count). The summed E-state index contributed by atoms with van der Waals surface area (Å²) in [6.45, 7) is 4.01. The number of ether oxygens (including phenoxy) is 1. The maximum Gasteiger partial charge on any atom is 0.219 e. The molecule has 5 nitrogen and oxygen atoms in total. The van der Waals surface area contributed by atoms with Gasteiger partial charge < -0.3 is 14.8 Å². The number of likely N-dealkylation sites (tertiary alicyclic amines) is 1. The molecule has 0 saturated carbocycles. The molecule has 1 aromatic carbocycles. The van der Waals surface area contributed by atoms with Crippen LogP contribution in [0.2, 0.25) is 0 Å². The maximum atomic E-state index is 13.7. The standard InChI is InChI=1S/C18H17F4N3O2/c1-9-3-4-10(2)25(9)18(24-26)11-5-6-14(23-8-11)27-17-15(21)12(19)7-13(20)16(17)22/h5-10,26H,3-4H2,1-2H3/b24-18-. The van der Waals surface area contributed by atoms with Gasteiger partial charge in [0, 0.05) is 36.0 Å². The van der Waals surface area contributed by atoms with E-state index in [0.717, 1.165) is 12.8 Å².